The fraction of sp³-hybridized carbons (Fsp3) is 0.733. The second-order valence-corrected chi connectivity index (χ2v) is 5.44. The van der Waals surface area contributed by atoms with Gasteiger partial charge in [0.25, 0.3) is 0 Å². The van der Waals surface area contributed by atoms with Gasteiger partial charge in [-0.25, -0.2) is 0 Å². The minimum atomic E-state index is 0.0613. The molecule has 0 aromatic carbocycles. The number of carbonyl (C=O) groups excluding carboxylic acids is 1. The van der Waals surface area contributed by atoms with Crippen molar-refractivity contribution in [1.29, 1.82) is 0 Å². The number of piperidine rings is 1. The lowest BCUT2D eigenvalue weighted by Gasteiger charge is -2.37. The Kier molecular flexibility index (Phi) is 6.78. The van der Waals surface area contributed by atoms with Crippen molar-refractivity contribution >= 4 is 12.0 Å². The van der Waals surface area contributed by atoms with Crippen molar-refractivity contribution in [3.05, 3.63) is 12.7 Å². The highest BCUT2D eigenvalue weighted by Crippen LogP contribution is 2.26. The third kappa shape index (κ3) is 4.78. The van der Waals surface area contributed by atoms with Gasteiger partial charge in [-0.1, -0.05) is 31.7 Å². The van der Waals surface area contributed by atoms with Gasteiger partial charge in [0.2, 0.25) is 0 Å². The summed E-state index contributed by atoms with van der Waals surface area (Å²) < 4.78 is 0. The summed E-state index contributed by atoms with van der Waals surface area (Å²) >= 11 is 0. The Hall–Kier alpha value is -1.16. The molecule has 1 heterocycles. The smallest absolute Gasteiger partial charge is 0.150 e. The van der Waals surface area contributed by atoms with E-state index in [1.54, 1.807) is 12.3 Å². The SMILES string of the molecule is C=CCO/N=C/C[C@@H](C)C(C)[C@H]1C(=O)CCCN1C. The monoisotopic (exact) mass is 266 g/mol. The average molecular weight is 266 g/mol. The Morgan fingerprint density at radius 3 is 2.95 bits per heavy atom. The molecule has 108 valence electrons. The van der Waals surface area contributed by atoms with Crippen LogP contribution >= 0.6 is 0 Å². The molecule has 1 saturated heterocycles. The molecular formula is C15H26N2O2. The second kappa shape index (κ2) is 8.10. The lowest BCUT2D eigenvalue weighted by atomic mass is 9.81. The number of carbonyl (C=O) groups is 1. The fourth-order valence-electron chi connectivity index (χ4n) is 2.61. The van der Waals surface area contributed by atoms with E-state index in [0.717, 1.165) is 25.8 Å². The average Bonchev–Trinajstić information content (AvgIpc) is 2.38. The number of oxime groups is 1. The molecule has 1 aliphatic heterocycles. The highest BCUT2D eigenvalue weighted by Gasteiger charge is 2.33. The first-order valence-electron chi connectivity index (χ1n) is 7.05. The van der Waals surface area contributed by atoms with Gasteiger partial charge in [-0.3, -0.25) is 9.69 Å². The lowest BCUT2D eigenvalue weighted by molar-refractivity contribution is -0.128. The second-order valence-electron chi connectivity index (χ2n) is 5.44. The van der Waals surface area contributed by atoms with Crippen LogP contribution in [0.5, 0.6) is 0 Å². The summed E-state index contributed by atoms with van der Waals surface area (Å²) in [6, 6.07) is 0.0613. The van der Waals surface area contributed by atoms with E-state index in [0.29, 0.717) is 24.2 Å². The Balaban J connectivity index is 2.46. The third-order valence-electron chi connectivity index (χ3n) is 3.95. The van der Waals surface area contributed by atoms with Crippen LogP contribution in [0.15, 0.2) is 17.8 Å². The number of nitrogens with zero attached hydrogens (tertiary/aromatic N) is 2. The predicted octanol–water partition coefficient (Wildman–Crippen LogP) is 2.50. The third-order valence-corrected chi connectivity index (χ3v) is 3.95. The zero-order chi connectivity index (χ0) is 14.3. The molecule has 1 unspecified atom stereocenters. The van der Waals surface area contributed by atoms with Crippen LogP contribution in [0.4, 0.5) is 0 Å². The summed E-state index contributed by atoms with van der Waals surface area (Å²) in [7, 11) is 2.05. The number of likely N-dealkylation sites (N-methyl/N-ethyl adjacent to an activating group) is 1. The number of ketones is 1. The van der Waals surface area contributed by atoms with Crippen LogP contribution in [-0.4, -0.2) is 43.1 Å². The van der Waals surface area contributed by atoms with E-state index in [1.165, 1.54) is 0 Å². The van der Waals surface area contributed by atoms with Crippen molar-refractivity contribution in [3.8, 4) is 0 Å². The number of hydrogen-bond donors (Lipinski definition) is 0. The molecule has 0 radical (unpaired) electrons. The van der Waals surface area contributed by atoms with Gasteiger partial charge in [-0.15, -0.1) is 0 Å². The first-order valence-corrected chi connectivity index (χ1v) is 7.05. The normalized spacial score (nSPS) is 24.4. The van der Waals surface area contributed by atoms with Crippen LogP contribution < -0.4 is 0 Å². The van der Waals surface area contributed by atoms with Crippen LogP contribution in [0.1, 0.15) is 33.1 Å². The van der Waals surface area contributed by atoms with Crippen molar-refractivity contribution in [2.24, 2.45) is 17.0 Å². The molecule has 0 amide bonds. The molecule has 0 aromatic rings. The van der Waals surface area contributed by atoms with E-state index in [9.17, 15) is 4.79 Å². The van der Waals surface area contributed by atoms with Crippen LogP contribution in [0.2, 0.25) is 0 Å². The van der Waals surface area contributed by atoms with Gasteiger partial charge in [0, 0.05) is 12.6 Å². The maximum absolute atomic E-state index is 12.1. The first-order chi connectivity index (χ1) is 9.07. The van der Waals surface area contributed by atoms with Crippen molar-refractivity contribution < 1.29 is 9.63 Å². The quantitative estimate of drug-likeness (QED) is 0.308. The molecule has 19 heavy (non-hydrogen) atoms. The number of hydrogen-bond acceptors (Lipinski definition) is 4. The molecule has 1 fully saturated rings. The van der Waals surface area contributed by atoms with E-state index >= 15 is 0 Å². The number of likely N-dealkylation sites (tertiary alicyclic amines) is 1. The lowest BCUT2D eigenvalue weighted by Crippen LogP contribution is -2.48. The molecule has 1 aliphatic rings. The zero-order valence-corrected chi connectivity index (χ0v) is 12.3. The highest BCUT2D eigenvalue weighted by atomic mass is 16.6. The Labute approximate surface area is 116 Å². The summed E-state index contributed by atoms with van der Waals surface area (Å²) in [5.41, 5.74) is 0. The van der Waals surface area contributed by atoms with Gasteiger partial charge in [0.1, 0.15) is 12.4 Å². The molecule has 0 N–H and O–H groups in total. The molecular weight excluding hydrogens is 240 g/mol. The van der Waals surface area contributed by atoms with Gasteiger partial charge < -0.3 is 4.84 Å². The molecule has 4 nitrogen and oxygen atoms in total. The molecule has 0 aliphatic carbocycles. The molecule has 0 spiro atoms. The van der Waals surface area contributed by atoms with Crippen LogP contribution in [0, 0.1) is 11.8 Å². The van der Waals surface area contributed by atoms with Gasteiger partial charge in [0.05, 0.1) is 6.04 Å². The fourth-order valence-corrected chi connectivity index (χ4v) is 2.61. The van der Waals surface area contributed by atoms with Gasteiger partial charge >= 0.3 is 0 Å². The summed E-state index contributed by atoms with van der Waals surface area (Å²) in [6.45, 7) is 9.34. The Morgan fingerprint density at radius 2 is 2.32 bits per heavy atom. The van der Waals surface area contributed by atoms with Gasteiger partial charge in [-0.05, 0) is 38.3 Å². The maximum Gasteiger partial charge on any atom is 0.150 e. The van der Waals surface area contributed by atoms with Crippen LogP contribution in [0.25, 0.3) is 0 Å². The van der Waals surface area contributed by atoms with E-state index in [1.807, 2.05) is 7.05 Å². The molecule has 0 aromatic heterocycles. The van der Waals surface area contributed by atoms with Crippen molar-refractivity contribution in [2.75, 3.05) is 20.2 Å². The molecule has 0 bridgehead atoms. The topological polar surface area (TPSA) is 41.9 Å². The van der Waals surface area contributed by atoms with Gasteiger partial charge in [-0.2, -0.15) is 0 Å². The predicted molar refractivity (Wildman–Crippen MR) is 78.2 cm³/mol. The standard InChI is InChI=1S/C15H26N2O2/c1-5-11-19-16-9-8-12(2)13(3)15-14(18)7-6-10-17(15)4/h5,9,12-13,15H,1,6-8,10-11H2,2-4H3/b16-9+/t12-,13?,15+/m1/s1. The van der Waals surface area contributed by atoms with Crippen molar-refractivity contribution in [2.45, 2.75) is 39.2 Å². The highest BCUT2D eigenvalue weighted by molar-refractivity contribution is 5.85. The van der Waals surface area contributed by atoms with Crippen molar-refractivity contribution in [3.63, 3.8) is 0 Å². The summed E-state index contributed by atoms with van der Waals surface area (Å²) in [4.78, 5) is 19.2. The Morgan fingerprint density at radius 1 is 1.58 bits per heavy atom. The van der Waals surface area contributed by atoms with E-state index in [-0.39, 0.29) is 6.04 Å². The summed E-state index contributed by atoms with van der Waals surface area (Å²) in [5.74, 6) is 1.13. The minimum Gasteiger partial charge on any atom is -0.392 e. The molecule has 1 rings (SSSR count). The molecule has 0 saturated carbocycles. The summed E-state index contributed by atoms with van der Waals surface area (Å²) in [6.07, 6.45) is 6.00. The molecule has 4 heteroatoms. The first kappa shape index (κ1) is 15.9. The number of rotatable bonds is 7. The Bertz CT molecular complexity index is 328. The maximum atomic E-state index is 12.1. The van der Waals surface area contributed by atoms with Gasteiger partial charge in [0.15, 0.2) is 0 Å². The van der Waals surface area contributed by atoms with E-state index < -0.39 is 0 Å². The van der Waals surface area contributed by atoms with Crippen LogP contribution in [0.3, 0.4) is 0 Å². The van der Waals surface area contributed by atoms with E-state index in [2.05, 4.69) is 30.5 Å². The largest absolute Gasteiger partial charge is 0.392 e. The minimum absolute atomic E-state index is 0.0613. The van der Waals surface area contributed by atoms with Crippen LogP contribution in [-0.2, 0) is 9.63 Å². The van der Waals surface area contributed by atoms with E-state index in [4.69, 9.17) is 4.84 Å². The molecule has 3 atom stereocenters. The zero-order valence-electron chi connectivity index (χ0n) is 12.3. The number of Topliss-reactive ketones (excluding diaryl/α,β-unsaturated/α-hetero) is 1. The summed E-state index contributed by atoms with van der Waals surface area (Å²) in [5, 5.41) is 3.87. The van der Waals surface area contributed by atoms with Crippen molar-refractivity contribution in [1.82, 2.24) is 4.90 Å².